The minimum absolute atomic E-state index is 0.214. The van der Waals surface area contributed by atoms with Crippen LogP contribution in [-0.2, 0) is 22.1 Å². The number of carbonyl (C=O) groups is 2. The van der Waals surface area contributed by atoms with Crippen LogP contribution in [0.25, 0.3) is 11.6 Å². The van der Waals surface area contributed by atoms with Gasteiger partial charge in [0.2, 0.25) is 0 Å². The Morgan fingerprint density at radius 3 is 2.59 bits per heavy atom. The summed E-state index contributed by atoms with van der Waals surface area (Å²) >= 11 is 6.63. The summed E-state index contributed by atoms with van der Waals surface area (Å²) in [5.41, 5.74) is 2.01. The van der Waals surface area contributed by atoms with Crippen molar-refractivity contribution < 1.29 is 24.2 Å². The predicted molar refractivity (Wildman–Crippen MR) is 166 cm³/mol. The van der Waals surface area contributed by atoms with Crippen molar-refractivity contribution in [3.8, 4) is 0 Å². The molecule has 2 amide bonds. The highest BCUT2D eigenvalue weighted by Crippen LogP contribution is 2.50. The van der Waals surface area contributed by atoms with Gasteiger partial charge in [-0.25, -0.2) is 14.6 Å². The summed E-state index contributed by atoms with van der Waals surface area (Å²) in [5.74, 6) is -0.269. The maximum absolute atomic E-state index is 13.3. The predicted octanol–water partition coefficient (Wildman–Crippen LogP) is 5.84. The molecule has 0 spiro atoms. The van der Waals surface area contributed by atoms with Crippen molar-refractivity contribution in [1.82, 2.24) is 24.8 Å². The number of nitrogens with one attached hydrogen (secondary N) is 1. The van der Waals surface area contributed by atoms with E-state index in [0.717, 1.165) is 24.1 Å². The molecule has 10 nitrogen and oxygen atoms in total. The van der Waals surface area contributed by atoms with Crippen LogP contribution in [0.5, 0.6) is 0 Å². The zero-order chi connectivity index (χ0) is 31.2. The molecule has 1 saturated carbocycles. The normalized spacial score (nSPS) is 21.4. The number of hydrogen-bond acceptors (Lipinski definition) is 7. The van der Waals surface area contributed by atoms with E-state index < -0.39 is 23.3 Å². The first-order chi connectivity index (χ1) is 21.0. The Kier molecular flexibility index (Phi) is 7.92. The summed E-state index contributed by atoms with van der Waals surface area (Å²) in [6.07, 6.45) is 8.63. The smallest absolute Gasteiger partial charge is 0.410 e. The number of aryl methyl sites for hydroxylation is 1. The number of piperidine rings is 1. The van der Waals surface area contributed by atoms with Gasteiger partial charge in [0, 0.05) is 37.3 Å². The second kappa shape index (κ2) is 11.6. The minimum atomic E-state index is -1.51. The number of benzene rings is 1. The van der Waals surface area contributed by atoms with Gasteiger partial charge in [-0.15, -0.1) is 0 Å². The number of ether oxygens (including phenoxy) is 2. The second-order valence-corrected chi connectivity index (χ2v) is 13.0. The zero-order valence-corrected chi connectivity index (χ0v) is 26.2. The van der Waals surface area contributed by atoms with Gasteiger partial charge < -0.3 is 29.4 Å². The van der Waals surface area contributed by atoms with Gasteiger partial charge in [-0.1, -0.05) is 23.7 Å². The summed E-state index contributed by atoms with van der Waals surface area (Å²) in [6, 6.07) is 8.50. The summed E-state index contributed by atoms with van der Waals surface area (Å²) < 4.78 is 13.1. The lowest BCUT2D eigenvalue weighted by Crippen LogP contribution is -2.47. The molecule has 0 bridgehead atoms. The van der Waals surface area contributed by atoms with Gasteiger partial charge in [-0.05, 0) is 93.0 Å². The van der Waals surface area contributed by atoms with E-state index in [2.05, 4.69) is 10.3 Å². The highest BCUT2D eigenvalue weighted by Gasteiger charge is 2.48. The van der Waals surface area contributed by atoms with Crippen LogP contribution in [0, 0.1) is 5.92 Å². The molecule has 1 saturated heterocycles. The fraction of sp³-hybridized carbons (Fsp3) is 0.455. The first kappa shape index (κ1) is 30.1. The van der Waals surface area contributed by atoms with Gasteiger partial charge in [-0.2, -0.15) is 0 Å². The molecule has 2 aromatic heterocycles. The zero-order valence-electron chi connectivity index (χ0n) is 25.4. The van der Waals surface area contributed by atoms with Crippen LogP contribution in [0.15, 0.2) is 49.1 Å². The van der Waals surface area contributed by atoms with Gasteiger partial charge in [0.15, 0.2) is 0 Å². The van der Waals surface area contributed by atoms with Crippen molar-refractivity contribution in [3.05, 3.63) is 82.2 Å². The van der Waals surface area contributed by atoms with E-state index in [0.29, 0.717) is 53.3 Å². The van der Waals surface area contributed by atoms with E-state index in [9.17, 15) is 14.7 Å². The van der Waals surface area contributed by atoms with Gasteiger partial charge >= 0.3 is 12.2 Å². The van der Waals surface area contributed by atoms with Crippen LogP contribution in [0.3, 0.4) is 0 Å². The molecule has 2 fully saturated rings. The molecule has 11 heteroatoms. The lowest BCUT2D eigenvalue weighted by atomic mass is 9.72. The first-order valence-electron chi connectivity index (χ1n) is 15.1. The summed E-state index contributed by atoms with van der Waals surface area (Å²) in [5, 5.41) is 16.5. The molecule has 3 aliphatic rings. The SMILES string of the molecule is CC(C)OC(=O)N1CCC(C2(O)c3ccc(Cl)cc3C(C(NC(=O)OC3(C)CC3)c3cncn3C)=Cc3cccnc32)CC1. The number of alkyl carbamates (subject to hydrolysis) is 1. The standard InChI is InChI=1S/C33H38ClN5O5/c1-20(2)43-31(41)39-14-9-22(10-15-39)33(42)26-8-7-23(34)17-24(26)25(16-21-6-5-13-36-29(21)33)28(27-18-35-19-38(27)4)37-30(40)44-32(3)11-12-32/h5-8,13,16-20,22,28,42H,9-12,14-15H2,1-4H3,(H,37,40). The van der Waals surface area contributed by atoms with Crippen LogP contribution >= 0.6 is 11.6 Å². The molecule has 2 atom stereocenters. The molecule has 3 heterocycles. The van der Waals surface area contributed by atoms with E-state index in [1.54, 1.807) is 29.7 Å². The Morgan fingerprint density at radius 1 is 1.18 bits per heavy atom. The van der Waals surface area contributed by atoms with Crippen LogP contribution in [-0.4, -0.2) is 61.5 Å². The number of halogens is 1. The highest BCUT2D eigenvalue weighted by molar-refractivity contribution is 6.30. The molecular formula is C33H38ClN5O5. The van der Waals surface area contributed by atoms with Crippen molar-refractivity contribution in [2.75, 3.05) is 13.1 Å². The topological polar surface area (TPSA) is 119 Å². The van der Waals surface area contributed by atoms with Crippen LogP contribution < -0.4 is 5.32 Å². The van der Waals surface area contributed by atoms with Crippen molar-refractivity contribution in [2.45, 2.75) is 69.8 Å². The maximum atomic E-state index is 13.3. The molecule has 232 valence electrons. The average molecular weight is 620 g/mol. The Morgan fingerprint density at radius 2 is 1.93 bits per heavy atom. The van der Waals surface area contributed by atoms with Gasteiger partial charge in [-0.3, -0.25) is 4.98 Å². The molecule has 1 aliphatic heterocycles. The number of imidazole rings is 1. The molecule has 3 aromatic rings. The number of likely N-dealkylation sites (tertiary alicyclic amines) is 1. The number of hydrogen-bond donors (Lipinski definition) is 2. The van der Waals surface area contributed by atoms with Gasteiger partial charge in [0.1, 0.15) is 11.2 Å². The van der Waals surface area contributed by atoms with Crippen molar-refractivity contribution in [2.24, 2.45) is 13.0 Å². The molecule has 2 N–H and O–H groups in total. The number of aromatic nitrogens is 3. The highest BCUT2D eigenvalue weighted by atomic mass is 35.5. The van der Waals surface area contributed by atoms with E-state index in [1.807, 2.05) is 62.7 Å². The molecule has 44 heavy (non-hydrogen) atoms. The number of pyridine rings is 1. The van der Waals surface area contributed by atoms with Crippen molar-refractivity contribution >= 4 is 35.4 Å². The molecule has 6 rings (SSSR count). The number of carbonyl (C=O) groups excluding carboxylic acids is 2. The van der Waals surface area contributed by atoms with Crippen LogP contribution in [0.4, 0.5) is 9.59 Å². The lowest BCUT2D eigenvalue weighted by molar-refractivity contribution is -0.0195. The van der Waals surface area contributed by atoms with E-state index in [4.69, 9.17) is 26.1 Å². The first-order valence-corrected chi connectivity index (χ1v) is 15.5. The van der Waals surface area contributed by atoms with Crippen LogP contribution in [0.1, 0.15) is 80.6 Å². The Hall–Kier alpha value is -3.89. The van der Waals surface area contributed by atoms with Crippen molar-refractivity contribution in [3.63, 3.8) is 0 Å². The maximum Gasteiger partial charge on any atom is 0.410 e. The third-order valence-electron chi connectivity index (χ3n) is 8.91. The summed E-state index contributed by atoms with van der Waals surface area (Å²) in [6.45, 7) is 6.45. The Balaban J connectivity index is 1.45. The Labute approximate surface area is 262 Å². The van der Waals surface area contributed by atoms with Gasteiger partial charge in [0.05, 0.1) is 36.1 Å². The molecular weight excluding hydrogens is 582 g/mol. The molecule has 2 unspecified atom stereocenters. The number of aliphatic hydroxyl groups is 1. The largest absolute Gasteiger partial charge is 0.447 e. The number of rotatable bonds is 6. The number of fused-ring (bicyclic) bond motifs is 2. The number of amides is 2. The monoisotopic (exact) mass is 619 g/mol. The van der Waals surface area contributed by atoms with Crippen molar-refractivity contribution in [1.29, 1.82) is 0 Å². The second-order valence-electron chi connectivity index (χ2n) is 12.5. The summed E-state index contributed by atoms with van der Waals surface area (Å²) in [4.78, 5) is 36.7. The molecule has 2 aliphatic carbocycles. The molecule has 1 aromatic carbocycles. The van der Waals surface area contributed by atoms with Gasteiger partial charge in [0.25, 0.3) is 0 Å². The number of nitrogens with zero attached hydrogens (tertiary/aromatic N) is 4. The van der Waals surface area contributed by atoms with E-state index in [-0.39, 0.29) is 18.1 Å². The minimum Gasteiger partial charge on any atom is -0.447 e. The summed E-state index contributed by atoms with van der Waals surface area (Å²) in [7, 11) is 1.87. The Bertz CT molecular complexity index is 1610. The third kappa shape index (κ3) is 5.68. The fourth-order valence-corrected chi connectivity index (χ4v) is 6.50. The quantitative estimate of drug-likeness (QED) is 0.356. The lowest BCUT2D eigenvalue weighted by Gasteiger charge is -2.42. The van der Waals surface area contributed by atoms with Crippen LogP contribution in [0.2, 0.25) is 5.02 Å². The average Bonchev–Trinajstić information content (AvgIpc) is 3.58. The van der Waals surface area contributed by atoms with E-state index >= 15 is 0 Å². The van der Waals surface area contributed by atoms with E-state index in [1.165, 1.54) is 0 Å². The third-order valence-corrected chi connectivity index (χ3v) is 9.15. The fourth-order valence-electron chi connectivity index (χ4n) is 6.33. The molecule has 0 radical (unpaired) electrons.